The first-order valence-electron chi connectivity index (χ1n) is 48.8. The lowest BCUT2D eigenvalue weighted by Gasteiger charge is -2.19. The first-order chi connectivity index (χ1) is 71.2. The van der Waals surface area contributed by atoms with Gasteiger partial charge >= 0.3 is 0 Å². The van der Waals surface area contributed by atoms with Crippen molar-refractivity contribution >= 4 is 131 Å². The molecule has 9 heterocycles. The number of nitrogens with zero attached hydrogens (tertiary/aromatic N) is 15. The topological polar surface area (TPSA) is 146 Å². The highest BCUT2D eigenvalue weighted by atomic mass is 19.1. The predicted molar refractivity (Wildman–Crippen MR) is 592 cm³/mol. The Kier molecular flexibility index (Phi) is 21.0. The maximum atomic E-state index is 13.8. The van der Waals surface area contributed by atoms with Crippen molar-refractivity contribution in [2.24, 2.45) is 0 Å². The molecule has 688 valence electrons. The molecule has 9 aromatic heterocycles. The highest BCUT2D eigenvalue weighted by Crippen LogP contribution is 2.44. The van der Waals surface area contributed by atoms with Crippen LogP contribution in [0.25, 0.3) is 245 Å². The monoisotopic (exact) mass is 1870 g/mol. The van der Waals surface area contributed by atoms with Gasteiger partial charge in [-0.25, -0.2) is 19.3 Å². The molecule has 0 fully saturated rings. The van der Waals surface area contributed by atoms with Crippen LogP contribution < -0.4 is 0 Å². The van der Waals surface area contributed by atoms with Gasteiger partial charge in [-0.1, -0.05) is 341 Å². The largest absolute Gasteiger partial charge is 0.309 e. The fourth-order valence-electron chi connectivity index (χ4n) is 21.2. The third-order valence-corrected chi connectivity index (χ3v) is 27.9. The number of rotatable bonds is 13. The Morgan fingerprint density at radius 3 is 0.662 bits per heavy atom. The molecule has 16 heteroatoms. The molecule has 0 aliphatic heterocycles. The zero-order valence-corrected chi connectivity index (χ0v) is 79.9. The average molecular weight is 1870 g/mol. The Balaban J connectivity index is 0.000000111. The summed E-state index contributed by atoms with van der Waals surface area (Å²) in [7, 11) is 0. The third-order valence-electron chi connectivity index (χ3n) is 27.9. The third kappa shape index (κ3) is 15.3. The molecule has 0 bridgehead atoms. The van der Waals surface area contributed by atoms with Crippen LogP contribution in [-0.4, -0.2) is 72.3 Å². The SMILES string of the molecule is CC(C)(C)c1ccc(-c2nc(-c3ccc(-c4ccccc4)cc3)nc(-n3c4ccccc4c4cc(-n5c6ccccc6c6ccccc65)ccc43)n2)cc1.Cc1cc(C)cc(-c2nc(-c3ccccc3)nc(-n3c4ccccc4c4cc(-n5c6ccccc6c6ccccc65)ccc43)n2)c1.Fc1ccc(-c2nc(-c3ccccc3)nc(-n3c4ccccc4c4cc(-n5c6ccccc6c6ccccc65)ccc43)n2)cc1. The van der Waals surface area contributed by atoms with Gasteiger partial charge in [0.05, 0.1) is 66.2 Å². The molecule has 0 atom stereocenters. The van der Waals surface area contributed by atoms with Crippen LogP contribution in [0.3, 0.4) is 0 Å². The standard InChI is InChI=1S/C49H37N5.C41H29N5.C39H24FN5/c1-49(2,3)36-27-25-35(26-28-36)47-50-46(34-23-21-33(22-24-34)32-13-5-4-6-14-32)51-48(52-47)54-44-20-12-9-17-40(44)41-31-37(29-30-45(41)54)53-42-18-10-7-15-38(42)39-16-8-11-19-43(39)53;1-26-22-27(2)24-29(23-26)40-42-39(28-12-4-3-5-13-28)43-41(44-40)46-37-19-11-8-16-33(37)34-25-30(20-21-38(34)46)45-35-17-9-6-14-31(35)32-15-7-10-18-36(32)45;40-27-20-18-26(19-21-27)38-41-37(25-10-2-1-3-11-25)42-39(43-38)45-35-17-9-6-14-31(35)32-24-28(22-23-36(32)45)44-33-15-7-4-12-29(33)30-13-5-8-16-34(30)44/h4-31H,1-3H3;3-25H,1-2H3;1-24H. The van der Waals surface area contributed by atoms with Crippen LogP contribution in [0, 0.1) is 19.7 Å². The van der Waals surface area contributed by atoms with Crippen LogP contribution in [0.1, 0.15) is 37.5 Å². The maximum absolute atomic E-state index is 13.8. The molecular weight excluding hydrogens is 1780 g/mol. The lowest BCUT2D eigenvalue weighted by Crippen LogP contribution is -2.10. The summed E-state index contributed by atoms with van der Waals surface area (Å²) in [6.07, 6.45) is 0. The van der Waals surface area contributed by atoms with Crippen LogP contribution in [0.4, 0.5) is 4.39 Å². The van der Waals surface area contributed by atoms with E-state index in [1.807, 2.05) is 72.8 Å². The summed E-state index contributed by atoms with van der Waals surface area (Å²) >= 11 is 0. The van der Waals surface area contributed by atoms with Crippen LogP contribution >= 0.6 is 0 Å². The van der Waals surface area contributed by atoms with Crippen LogP contribution in [0.15, 0.2) is 455 Å². The van der Waals surface area contributed by atoms with Crippen molar-refractivity contribution in [1.29, 1.82) is 0 Å². The Hall–Kier alpha value is -19.1. The highest BCUT2D eigenvalue weighted by Gasteiger charge is 2.27. The Morgan fingerprint density at radius 1 is 0.172 bits per heavy atom. The minimum atomic E-state index is -0.308. The summed E-state index contributed by atoms with van der Waals surface area (Å²) in [5.41, 5.74) is 27.9. The fraction of sp³-hybridized carbons (Fsp3) is 0.0465. The zero-order valence-electron chi connectivity index (χ0n) is 79.9. The number of benzene rings is 19. The Bertz CT molecular complexity index is 9780. The summed E-state index contributed by atoms with van der Waals surface area (Å²) in [6.45, 7) is 10.9. The van der Waals surface area contributed by atoms with E-state index in [4.69, 9.17) is 44.9 Å². The molecule has 28 aromatic rings. The van der Waals surface area contributed by atoms with Crippen molar-refractivity contribution < 1.29 is 4.39 Å². The number of para-hydroxylation sites is 9. The van der Waals surface area contributed by atoms with Crippen molar-refractivity contribution in [3.05, 3.63) is 477 Å². The lowest BCUT2D eigenvalue weighted by molar-refractivity contribution is 0.590. The molecule has 0 saturated heterocycles. The van der Waals surface area contributed by atoms with Gasteiger partial charge in [0.25, 0.3) is 0 Å². The Morgan fingerprint density at radius 2 is 0.379 bits per heavy atom. The van der Waals surface area contributed by atoms with E-state index < -0.39 is 0 Å². The van der Waals surface area contributed by atoms with Gasteiger partial charge < -0.3 is 13.7 Å². The van der Waals surface area contributed by atoms with E-state index in [0.29, 0.717) is 58.4 Å². The van der Waals surface area contributed by atoms with E-state index in [9.17, 15) is 4.39 Å². The van der Waals surface area contributed by atoms with Gasteiger partial charge in [-0.05, 0) is 182 Å². The lowest BCUT2D eigenvalue weighted by atomic mass is 9.87. The number of aryl methyl sites for hydroxylation is 2. The number of fused-ring (bicyclic) bond motifs is 18. The van der Waals surface area contributed by atoms with Crippen molar-refractivity contribution in [3.63, 3.8) is 0 Å². The molecule has 0 aliphatic rings. The molecule has 0 amide bonds. The van der Waals surface area contributed by atoms with E-state index >= 15 is 0 Å². The molecule has 19 aromatic carbocycles. The molecule has 145 heavy (non-hydrogen) atoms. The summed E-state index contributed by atoms with van der Waals surface area (Å²) in [6, 6.07) is 157. The first kappa shape index (κ1) is 86.3. The second-order valence-electron chi connectivity index (χ2n) is 38.0. The molecule has 0 saturated carbocycles. The van der Waals surface area contributed by atoms with Gasteiger partial charge in [0.2, 0.25) is 17.8 Å². The van der Waals surface area contributed by atoms with E-state index in [-0.39, 0.29) is 11.2 Å². The van der Waals surface area contributed by atoms with Crippen molar-refractivity contribution in [3.8, 4) is 114 Å². The number of aromatic nitrogens is 15. The highest BCUT2D eigenvalue weighted by molar-refractivity contribution is 6.16. The van der Waals surface area contributed by atoms with Gasteiger partial charge in [-0.2, -0.15) is 29.9 Å². The van der Waals surface area contributed by atoms with Gasteiger partial charge in [0.15, 0.2) is 34.9 Å². The quantitative estimate of drug-likeness (QED) is 0.110. The van der Waals surface area contributed by atoms with Gasteiger partial charge in [-0.15, -0.1) is 0 Å². The van der Waals surface area contributed by atoms with E-state index in [0.717, 1.165) is 127 Å². The molecular formula is C129H90FN15. The van der Waals surface area contributed by atoms with Crippen molar-refractivity contribution in [2.75, 3.05) is 0 Å². The van der Waals surface area contributed by atoms with Gasteiger partial charge in [0.1, 0.15) is 5.82 Å². The predicted octanol–water partition coefficient (Wildman–Crippen LogP) is 31.9. The van der Waals surface area contributed by atoms with Gasteiger partial charge in [0, 0.05) is 115 Å². The minimum Gasteiger partial charge on any atom is -0.309 e. The summed E-state index contributed by atoms with van der Waals surface area (Å²) in [5.74, 6) is 4.96. The number of halogens is 1. The second kappa shape index (κ2) is 35.4. The molecule has 0 radical (unpaired) electrons. The molecule has 0 N–H and O–H groups in total. The van der Waals surface area contributed by atoms with Crippen molar-refractivity contribution in [2.45, 2.75) is 40.0 Å². The zero-order chi connectivity index (χ0) is 97.1. The van der Waals surface area contributed by atoms with Crippen LogP contribution in [0.5, 0.6) is 0 Å². The smallest absolute Gasteiger partial charge is 0.238 e. The molecule has 0 unspecified atom stereocenters. The normalized spacial score (nSPS) is 11.8. The molecule has 0 spiro atoms. The molecule has 0 aliphatic carbocycles. The second-order valence-corrected chi connectivity index (χ2v) is 38.0. The fourth-order valence-corrected chi connectivity index (χ4v) is 21.2. The summed E-state index contributed by atoms with van der Waals surface area (Å²) in [4.78, 5) is 45.6. The average Bonchev–Trinajstić information content (AvgIpc) is 1.58. The van der Waals surface area contributed by atoms with E-state index in [2.05, 4.69) is 420 Å². The van der Waals surface area contributed by atoms with Gasteiger partial charge in [-0.3, -0.25) is 13.7 Å². The van der Waals surface area contributed by atoms with E-state index in [1.54, 1.807) is 12.1 Å². The van der Waals surface area contributed by atoms with Crippen molar-refractivity contribution in [1.82, 2.24) is 72.3 Å². The number of hydrogen-bond donors (Lipinski definition) is 0. The Labute approximate surface area is 833 Å². The summed E-state index contributed by atoms with van der Waals surface area (Å²) < 4.78 is 27.4. The minimum absolute atomic E-state index is 0.0372. The first-order valence-corrected chi connectivity index (χ1v) is 48.8. The molecule has 28 rings (SSSR count). The maximum Gasteiger partial charge on any atom is 0.238 e. The summed E-state index contributed by atoms with van der Waals surface area (Å²) in [5, 5.41) is 14.2. The van der Waals surface area contributed by atoms with Crippen LogP contribution in [0.2, 0.25) is 0 Å². The van der Waals surface area contributed by atoms with E-state index in [1.165, 1.54) is 88.8 Å². The molecule has 15 nitrogen and oxygen atoms in total. The van der Waals surface area contributed by atoms with Crippen LogP contribution in [-0.2, 0) is 5.41 Å². The number of hydrogen-bond acceptors (Lipinski definition) is 9.